The summed E-state index contributed by atoms with van der Waals surface area (Å²) in [5, 5.41) is 2.88. The molecule has 2 aromatic carbocycles. The molecule has 8 heteroatoms. The quantitative estimate of drug-likeness (QED) is 0.661. The van der Waals surface area contributed by atoms with Crippen LogP contribution in [0, 0.1) is 5.92 Å². The van der Waals surface area contributed by atoms with Gasteiger partial charge in [-0.05, 0) is 49.1 Å². The van der Waals surface area contributed by atoms with Crippen LogP contribution in [-0.4, -0.2) is 49.6 Å². The Bertz CT molecular complexity index is 1070. The highest BCUT2D eigenvalue weighted by Crippen LogP contribution is 2.40. The van der Waals surface area contributed by atoms with E-state index in [1.54, 1.807) is 23.1 Å². The predicted octanol–water partition coefficient (Wildman–Crippen LogP) is 4.23. The molecule has 2 atom stereocenters. The molecule has 1 saturated carbocycles. The second-order valence-corrected chi connectivity index (χ2v) is 8.68. The molecule has 2 fully saturated rings. The summed E-state index contributed by atoms with van der Waals surface area (Å²) in [4.78, 5) is 42.8. The standard InChI is InChI=1S/C26H31N3O5/c1-4-17-9-11-18(12-10-17)27-24(30)16-28-21-8-6-5-7-20(21)25(31)29(26(28)32)22-14-13-19(33-2)15-23(22)34-3/h9-15,20-21H,4-8,16H2,1-3H3,(H,27,30). The molecule has 0 radical (unpaired) electrons. The van der Waals surface area contributed by atoms with Gasteiger partial charge in [-0.2, -0.15) is 0 Å². The van der Waals surface area contributed by atoms with Crippen LogP contribution < -0.4 is 19.7 Å². The first-order chi connectivity index (χ1) is 16.5. The molecule has 34 heavy (non-hydrogen) atoms. The van der Waals surface area contributed by atoms with E-state index in [2.05, 4.69) is 12.2 Å². The Morgan fingerprint density at radius 3 is 2.44 bits per heavy atom. The number of anilines is 2. The molecule has 0 aromatic heterocycles. The summed E-state index contributed by atoms with van der Waals surface area (Å²) in [6, 6.07) is 11.8. The molecule has 8 nitrogen and oxygen atoms in total. The SMILES string of the molecule is CCc1ccc(NC(=O)CN2C(=O)N(c3ccc(OC)cc3OC)C(=O)C3CCCCC32)cc1. The molecule has 0 bridgehead atoms. The largest absolute Gasteiger partial charge is 0.497 e. The molecule has 4 amide bonds. The number of imide groups is 1. The lowest BCUT2D eigenvalue weighted by molar-refractivity contribution is -0.128. The Morgan fingerprint density at radius 2 is 1.76 bits per heavy atom. The van der Waals surface area contributed by atoms with Gasteiger partial charge in [-0.25, -0.2) is 9.69 Å². The minimum Gasteiger partial charge on any atom is -0.497 e. The summed E-state index contributed by atoms with van der Waals surface area (Å²) in [5.74, 6) is 0.0203. The molecule has 180 valence electrons. The van der Waals surface area contributed by atoms with E-state index in [0.717, 1.165) is 24.2 Å². The lowest BCUT2D eigenvalue weighted by Crippen LogP contribution is -2.64. The Labute approximate surface area is 199 Å². The number of rotatable bonds is 7. The van der Waals surface area contributed by atoms with Crippen LogP contribution in [-0.2, 0) is 16.0 Å². The smallest absolute Gasteiger partial charge is 0.332 e. The number of fused-ring (bicyclic) bond motifs is 1. The fraction of sp³-hybridized carbons (Fsp3) is 0.423. The van der Waals surface area contributed by atoms with Gasteiger partial charge in [0.1, 0.15) is 18.0 Å². The fourth-order valence-corrected chi connectivity index (χ4v) is 4.86. The molecule has 1 heterocycles. The summed E-state index contributed by atoms with van der Waals surface area (Å²) < 4.78 is 10.7. The number of carbonyl (C=O) groups is 3. The van der Waals surface area contributed by atoms with Crippen molar-refractivity contribution in [1.29, 1.82) is 0 Å². The second-order valence-electron chi connectivity index (χ2n) is 8.68. The summed E-state index contributed by atoms with van der Waals surface area (Å²) >= 11 is 0. The van der Waals surface area contributed by atoms with Crippen LogP contribution in [0.1, 0.15) is 38.2 Å². The number of amides is 4. The summed E-state index contributed by atoms with van der Waals surface area (Å²) in [6.07, 6.45) is 4.14. The van der Waals surface area contributed by atoms with E-state index in [1.807, 2.05) is 24.3 Å². The van der Waals surface area contributed by atoms with Gasteiger partial charge >= 0.3 is 6.03 Å². The van der Waals surface area contributed by atoms with Gasteiger partial charge < -0.3 is 19.7 Å². The first-order valence-corrected chi connectivity index (χ1v) is 11.7. The van der Waals surface area contributed by atoms with Gasteiger partial charge in [-0.15, -0.1) is 0 Å². The maximum atomic E-state index is 13.6. The average Bonchev–Trinajstić information content (AvgIpc) is 2.87. The number of benzene rings is 2. The number of hydrogen-bond donors (Lipinski definition) is 1. The summed E-state index contributed by atoms with van der Waals surface area (Å²) in [7, 11) is 3.02. The van der Waals surface area contributed by atoms with E-state index in [9.17, 15) is 14.4 Å². The van der Waals surface area contributed by atoms with E-state index in [4.69, 9.17) is 9.47 Å². The topological polar surface area (TPSA) is 88.2 Å². The van der Waals surface area contributed by atoms with Gasteiger partial charge in [-0.1, -0.05) is 31.9 Å². The minimum atomic E-state index is -0.506. The average molecular weight is 466 g/mol. The van der Waals surface area contributed by atoms with Crippen molar-refractivity contribution in [2.75, 3.05) is 31.0 Å². The maximum Gasteiger partial charge on any atom is 0.332 e. The minimum absolute atomic E-state index is 0.127. The lowest BCUT2D eigenvalue weighted by atomic mass is 9.81. The van der Waals surface area contributed by atoms with Crippen LogP contribution in [0.4, 0.5) is 16.2 Å². The molecule has 1 aliphatic carbocycles. The highest BCUT2D eigenvalue weighted by atomic mass is 16.5. The Morgan fingerprint density at radius 1 is 1.03 bits per heavy atom. The van der Waals surface area contributed by atoms with E-state index in [1.165, 1.54) is 19.8 Å². The predicted molar refractivity (Wildman–Crippen MR) is 129 cm³/mol. The van der Waals surface area contributed by atoms with Gasteiger partial charge in [0.05, 0.1) is 25.8 Å². The van der Waals surface area contributed by atoms with Crippen LogP contribution in [0.5, 0.6) is 11.5 Å². The highest BCUT2D eigenvalue weighted by Gasteiger charge is 2.48. The van der Waals surface area contributed by atoms with Crippen molar-refractivity contribution >= 4 is 29.2 Å². The van der Waals surface area contributed by atoms with Gasteiger partial charge in [0, 0.05) is 17.8 Å². The maximum absolute atomic E-state index is 13.6. The van der Waals surface area contributed by atoms with Crippen LogP contribution in [0.3, 0.4) is 0 Å². The molecule has 1 N–H and O–H groups in total. The number of ether oxygens (including phenoxy) is 2. The molecule has 2 aliphatic rings. The number of methoxy groups -OCH3 is 2. The Hall–Kier alpha value is -3.55. The molecule has 1 saturated heterocycles. The van der Waals surface area contributed by atoms with Crippen molar-refractivity contribution in [3.63, 3.8) is 0 Å². The molecule has 4 rings (SSSR count). The number of urea groups is 1. The van der Waals surface area contributed by atoms with Crippen LogP contribution in [0.25, 0.3) is 0 Å². The van der Waals surface area contributed by atoms with Crippen molar-refractivity contribution in [2.24, 2.45) is 5.92 Å². The molecular weight excluding hydrogens is 434 g/mol. The van der Waals surface area contributed by atoms with Crippen molar-refractivity contribution in [3.8, 4) is 11.5 Å². The molecular formula is C26H31N3O5. The van der Waals surface area contributed by atoms with Crippen molar-refractivity contribution < 1.29 is 23.9 Å². The van der Waals surface area contributed by atoms with Gasteiger partial charge in [-0.3, -0.25) is 9.59 Å². The zero-order valence-corrected chi connectivity index (χ0v) is 19.9. The third-order valence-electron chi connectivity index (χ3n) is 6.69. The molecule has 2 aromatic rings. The zero-order valence-electron chi connectivity index (χ0n) is 19.9. The number of aryl methyl sites for hydroxylation is 1. The first-order valence-electron chi connectivity index (χ1n) is 11.7. The number of hydrogen-bond acceptors (Lipinski definition) is 5. The molecule has 1 aliphatic heterocycles. The van der Waals surface area contributed by atoms with Gasteiger partial charge in [0.2, 0.25) is 11.8 Å². The van der Waals surface area contributed by atoms with Crippen molar-refractivity contribution in [3.05, 3.63) is 48.0 Å². The van der Waals surface area contributed by atoms with Gasteiger partial charge in [0.25, 0.3) is 0 Å². The third-order valence-corrected chi connectivity index (χ3v) is 6.69. The van der Waals surface area contributed by atoms with E-state index in [-0.39, 0.29) is 30.3 Å². The monoisotopic (exact) mass is 465 g/mol. The first kappa shape index (κ1) is 23.6. The Kier molecular flexibility index (Phi) is 7.05. The number of nitrogens with one attached hydrogen (secondary N) is 1. The third kappa shape index (κ3) is 4.58. The van der Waals surface area contributed by atoms with Crippen molar-refractivity contribution in [2.45, 2.75) is 45.1 Å². The van der Waals surface area contributed by atoms with Crippen molar-refractivity contribution in [1.82, 2.24) is 4.90 Å². The van der Waals surface area contributed by atoms with E-state index in [0.29, 0.717) is 35.7 Å². The number of nitrogens with zero attached hydrogens (tertiary/aromatic N) is 2. The fourth-order valence-electron chi connectivity index (χ4n) is 4.86. The Balaban J connectivity index is 1.61. The second kappa shape index (κ2) is 10.2. The van der Waals surface area contributed by atoms with E-state index < -0.39 is 6.03 Å². The zero-order chi connectivity index (χ0) is 24.2. The summed E-state index contributed by atoms with van der Waals surface area (Å²) in [5.41, 5.74) is 2.20. The summed E-state index contributed by atoms with van der Waals surface area (Å²) in [6.45, 7) is 1.94. The molecule has 0 spiro atoms. The van der Waals surface area contributed by atoms with Crippen LogP contribution >= 0.6 is 0 Å². The lowest BCUT2D eigenvalue weighted by Gasteiger charge is -2.46. The van der Waals surface area contributed by atoms with Crippen LogP contribution in [0.15, 0.2) is 42.5 Å². The molecule has 2 unspecified atom stereocenters. The highest BCUT2D eigenvalue weighted by molar-refractivity contribution is 6.18. The van der Waals surface area contributed by atoms with Crippen LogP contribution in [0.2, 0.25) is 0 Å². The van der Waals surface area contributed by atoms with E-state index >= 15 is 0 Å². The normalized spacial score (nSPS) is 20.1. The number of carbonyl (C=O) groups excluding carboxylic acids is 3. The van der Waals surface area contributed by atoms with Gasteiger partial charge in [0.15, 0.2) is 0 Å².